The fourth-order valence-corrected chi connectivity index (χ4v) is 1.95. The van der Waals surface area contributed by atoms with Gasteiger partial charge in [-0.05, 0) is 36.8 Å². The third-order valence-corrected chi connectivity index (χ3v) is 3.01. The zero-order chi connectivity index (χ0) is 15.6. The lowest BCUT2D eigenvalue weighted by Crippen LogP contribution is -2.15. The summed E-state index contributed by atoms with van der Waals surface area (Å²) < 4.78 is 13.6. The van der Waals surface area contributed by atoms with Crippen molar-refractivity contribution in [3.05, 3.63) is 68.5 Å². The van der Waals surface area contributed by atoms with Crippen LogP contribution in [0.15, 0.2) is 36.4 Å². The Labute approximate surface area is 124 Å². The largest absolute Gasteiger partial charge is 0.319 e. The third kappa shape index (κ3) is 3.35. The van der Waals surface area contributed by atoms with Gasteiger partial charge in [0.25, 0.3) is 11.6 Å². The molecule has 0 saturated heterocycles. The van der Waals surface area contributed by atoms with Crippen LogP contribution in [-0.2, 0) is 0 Å². The van der Waals surface area contributed by atoms with E-state index < -0.39 is 22.3 Å². The lowest BCUT2D eigenvalue weighted by atomic mass is 10.1. The molecule has 2 rings (SSSR count). The van der Waals surface area contributed by atoms with Gasteiger partial charge in [-0.25, -0.2) is 4.39 Å². The molecule has 0 saturated carbocycles. The molecule has 0 spiro atoms. The molecule has 1 amide bonds. The van der Waals surface area contributed by atoms with Crippen LogP contribution in [-0.4, -0.2) is 10.8 Å². The van der Waals surface area contributed by atoms with Crippen molar-refractivity contribution >= 4 is 28.9 Å². The first-order valence-electron chi connectivity index (χ1n) is 5.90. The topological polar surface area (TPSA) is 72.2 Å². The zero-order valence-electron chi connectivity index (χ0n) is 10.9. The fourth-order valence-electron chi connectivity index (χ4n) is 1.77. The summed E-state index contributed by atoms with van der Waals surface area (Å²) in [6.07, 6.45) is 0. The second-order valence-corrected chi connectivity index (χ2v) is 4.79. The predicted molar refractivity (Wildman–Crippen MR) is 77.2 cm³/mol. The number of halogens is 2. The lowest BCUT2D eigenvalue weighted by molar-refractivity contribution is -0.385. The number of hydrogen-bond acceptors (Lipinski definition) is 3. The molecule has 0 radical (unpaired) electrons. The van der Waals surface area contributed by atoms with Crippen molar-refractivity contribution in [2.24, 2.45) is 0 Å². The maximum Gasteiger partial charge on any atom is 0.282 e. The van der Waals surface area contributed by atoms with Crippen LogP contribution in [0.2, 0.25) is 5.02 Å². The molecule has 2 aromatic rings. The number of carbonyl (C=O) groups is 1. The summed E-state index contributed by atoms with van der Waals surface area (Å²) in [5, 5.41) is 13.4. The number of nitrogens with one attached hydrogen (secondary N) is 1. The molecule has 0 aliphatic carbocycles. The fraction of sp³-hybridized carbons (Fsp3) is 0.0714. The van der Waals surface area contributed by atoms with Crippen LogP contribution in [0, 0.1) is 22.9 Å². The van der Waals surface area contributed by atoms with Crippen molar-refractivity contribution in [1.29, 1.82) is 0 Å². The molecule has 0 bridgehead atoms. The monoisotopic (exact) mass is 308 g/mol. The van der Waals surface area contributed by atoms with Gasteiger partial charge in [0, 0.05) is 11.1 Å². The minimum atomic E-state index is -0.798. The molecule has 5 nitrogen and oxygen atoms in total. The Hall–Kier alpha value is -2.47. The van der Waals surface area contributed by atoms with Crippen LogP contribution in [0.5, 0.6) is 0 Å². The molecule has 0 aromatic heterocycles. The summed E-state index contributed by atoms with van der Waals surface area (Å²) >= 11 is 5.75. The van der Waals surface area contributed by atoms with E-state index >= 15 is 0 Å². The summed E-state index contributed by atoms with van der Waals surface area (Å²) in [5.41, 5.74) is 0.0694. The zero-order valence-corrected chi connectivity index (χ0v) is 11.6. The van der Waals surface area contributed by atoms with E-state index in [0.717, 1.165) is 11.6 Å². The van der Waals surface area contributed by atoms with Crippen LogP contribution in [0.1, 0.15) is 15.9 Å². The molecular formula is C14H10ClFN2O3. The number of hydrogen-bond donors (Lipinski definition) is 1. The van der Waals surface area contributed by atoms with E-state index in [1.165, 1.54) is 24.3 Å². The highest BCUT2D eigenvalue weighted by atomic mass is 35.5. The molecule has 0 atom stereocenters. The highest BCUT2D eigenvalue weighted by Gasteiger charge is 2.21. The van der Waals surface area contributed by atoms with Crippen LogP contribution in [0.4, 0.5) is 15.8 Å². The normalized spacial score (nSPS) is 10.2. The van der Waals surface area contributed by atoms with Crippen molar-refractivity contribution in [2.75, 3.05) is 5.32 Å². The molecule has 2 aromatic carbocycles. The number of benzene rings is 2. The van der Waals surface area contributed by atoms with E-state index in [0.29, 0.717) is 0 Å². The van der Waals surface area contributed by atoms with Gasteiger partial charge in [-0.1, -0.05) is 17.7 Å². The first kappa shape index (κ1) is 14.9. The van der Waals surface area contributed by atoms with Crippen molar-refractivity contribution in [3.8, 4) is 0 Å². The van der Waals surface area contributed by atoms with Crippen molar-refractivity contribution < 1.29 is 14.1 Å². The number of rotatable bonds is 3. The van der Waals surface area contributed by atoms with E-state index in [2.05, 4.69) is 5.32 Å². The van der Waals surface area contributed by atoms with Gasteiger partial charge in [-0.3, -0.25) is 14.9 Å². The molecular weight excluding hydrogens is 299 g/mol. The quantitative estimate of drug-likeness (QED) is 0.689. The van der Waals surface area contributed by atoms with Crippen LogP contribution in [0.3, 0.4) is 0 Å². The molecule has 1 N–H and O–H groups in total. The van der Waals surface area contributed by atoms with E-state index in [9.17, 15) is 19.3 Å². The van der Waals surface area contributed by atoms with Gasteiger partial charge in [0.05, 0.1) is 10.6 Å². The van der Waals surface area contributed by atoms with Gasteiger partial charge < -0.3 is 5.32 Å². The van der Waals surface area contributed by atoms with E-state index in [1.54, 1.807) is 13.0 Å². The maximum absolute atomic E-state index is 13.6. The molecule has 0 aliphatic heterocycles. The van der Waals surface area contributed by atoms with Crippen LogP contribution in [0.25, 0.3) is 0 Å². The Balaban J connectivity index is 2.39. The van der Waals surface area contributed by atoms with Crippen molar-refractivity contribution in [1.82, 2.24) is 0 Å². The number of anilines is 1. The maximum atomic E-state index is 13.6. The minimum absolute atomic E-state index is 0.0470. The van der Waals surface area contributed by atoms with Crippen molar-refractivity contribution in [2.45, 2.75) is 6.92 Å². The van der Waals surface area contributed by atoms with E-state index in [4.69, 9.17) is 11.6 Å². The molecule has 7 heteroatoms. The standard InChI is InChI=1S/C14H10ClFN2O3/c1-8-2-4-11(16)12(6-8)17-14(19)10-7-9(15)3-5-13(10)18(20)21/h2-7H,1H3,(H,17,19). The number of nitro groups is 1. The highest BCUT2D eigenvalue weighted by Crippen LogP contribution is 2.24. The predicted octanol–water partition coefficient (Wildman–Crippen LogP) is 3.95. The smallest absolute Gasteiger partial charge is 0.282 e. The molecule has 0 unspecified atom stereocenters. The average Bonchev–Trinajstić information content (AvgIpc) is 2.42. The van der Waals surface area contributed by atoms with Gasteiger partial charge in [0.2, 0.25) is 0 Å². The van der Waals surface area contributed by atoms with Crippen LogP contribution >= 0.6 is 11.6 Å². The first-order valence-corrected chi connectivity index (χ1v) is 6.27. The van der Waals surface area contributed by atoms with E-state index in [1.807, 2.05) is 0 Å². The number of nitro benzene ring substituents is 1. The molecule has 21 heavy (non-hydrogen) atoms. The Morgan fingerprint density at radius 3 is 2.67 bits per heavy atom. The average molecular weight is 309 g/mol. The summed E-state index contributed by atoms with van der Waals surface area (Å²) in [4.78, 5) is 22.3. The Bertz CT molecular complexity index is 734. The Morgan fingerprint density at radius 1 is 1.29 bits per heavy atom. The minimum Gasteiger partial charge on any atom is -0.319 e. The van der Waals surface area contributed by atoms with Gasteiger partial charge >= 0.3 is 0 Å². The first-order chi connectivity index (χ1) is 9.88. The summed E-state index contributed by atoms with van der Waals surface area (Å²) in [6, 6.07) is 7.80. The molecule has 0 aliphatic rings. The van der Waals surface area contributed by atoms with Crippen molar-refractivity contribution in [3.63, 3.8) is 0 Å². The molecule has 0 fully saturated rings. The second-order valence-electron chi connectivity index (χ2n) is 4.36. The number of amides is 1. The number of nitrogens with zero attached hydrogens (tertiary/aromatic N) is 1. The summed E-state index contributed by atoms with van der Waals surface area (Å²) in [5.74, 6) is -1.42. The lowest BCUT2D eigenvalue weighted by Gasteiger charge is -2.08. The van der Waals surface area contributed by atoms with E-state index in [-0.39, 0.29) is 16.3 Å². The number of carbonyl (C=O) groups excluding carboxylic acids is 1. The van der Waals surface area contributed by atoms with Gasteiger partial charge in [-0.15, -0.1) is 0 Å². The summed E-state index contributed by atoms with van der Waals surface area (Å²) in [7, 11) is 0. The van der Waals surface area contributed by atoms with Crippen LogP contribution < -0.4 is 5.32 Å². The Morgan fingerprint density at radius 2 is 2.00 bits per heavy atom. The third-order valence-electron chi connectivity index (χ3n) is 2.77. The van der Waals surface area contributed by atoms with Gasteiger partial charge in [0.1, 0.15) is 11.4 Å². The summed E-state index contributed by atoms with van der Waals surface area (Å²) in [6.45, 7) is 1.73. The van der Waals surface area contributed by atoms with Gasteiger partial charge in [0.15, 0.2) is 0 Å². The Kier molecular flexibility index (Phi) is 4.18. The molecule has 0 heterocycles. The molecule has 108 valence electrons. The van der Waals surface area contributed by atoms with Gasteiger partial charge in [-0.2, -0.15) is 0 Å². The second kappa shape index (κ2) is 5.88. The highest BCUT2D eigenvalue weighted by molar-refractivity contribution is 6.31. The number of aryl methyl sites for hydroxylation is 1. The SMILES string of the molecule is Cc1ccc(F)c(NC(=O)c2cc(Cl)ccc2[N+](=O)[O-])c1.